The van der Waals surface area contributed by atoms with Gasteiger partial charge in [0.25, 0.3) is 0 Å². The average Bonchev–Trinajstić information content (AvgIpc) is 2.65. The summed E-state index contributed by atoms with van der Waals surface area (Å²) in [5, 5.41) is 29.5. The van der Waals surface area contributed by atoms with Gasteiger partial charge in [0, 0.05) is 13.1 Å². The molecule has 2 aromatic rings. The highest BCUT2D eigenvalue weighted by atomic mass is 19.1. The molecule has 0 spiro atoms. The molecule has 3 N–H and O–H groups in total. The molecule has 3 rings (SSSR count). The number of aromatic nitrogens is 2. The van der Waals surface area contributed by atoms with E-state index in [9.17, 15) is 24.2 Å². The van der Waals surface area contributed by atoms with E-state index < -0.39 is 29.3 Å². The van der Waals surface area contributed by atoms with Crippen LogP contribution in [0.4, 0.5) is 10.2 Å². The Bertz CT molecular complexity index is 860. The second kappa shape index (κ2) is 7.28. The Balaban J connectivity index is 1.93. The van der Waals surface area contributed by atoms with Crippen LogP contribution in [0.5, 0.6) is 0 Å². The van der Waals surface area contributed by atoms with Crippen LogP contribution in [0.25, 0.3) is 0 Å². The lowest BCUT2D eigenvalue weighted by atomic mass is 9.73. The summed E-state index contributed by atoms with van der Waals surface area (Å²) in [5.41, 5.74) is -1.22. The van der Waals surface area contributed by atoms with Gasteiger partial charge in [-0.2, -0.15) is 0 Å². The number of carboxylic acids is 2. The van der Waals surface area contributed by atoms with Crippen LogP contribution in [0.15, 0.2) is 36.7 Å². The number of anilines is 1. The topological polar surface area (TPSA) is 124 Å². The SMILES string of the molecule is O=C(O)c1cncc(N2CC[C@H](O)[C@](Cc3ccc(F)cc3)(C(=O)O)C2)n1. The van der Waals surface area contributed by atoms with E-state index in [1.54, 1.807) is 4.90 Å². The van der Waals surface area contributed by atoms with Gasteiger partial charge in [-0.05, 0) is 30.5 Å². The number of hydrogen-bond donors (Lipinski definition) is 3. The first-order valence-corrected chi connectivity index (χ1v) is 8.28. The fraction of sp³-hybridized carbons (Fsp3) is 0.333. The van der Waals surface area contributed by atoms with Crippen LogP contribution in [0.2, 0.25) is 0 Å². The first-order chi connectivity index (χ1) is 12.8. The number of rotatable bonds is 5. The second-order valence-corrected chi connectivity index (χ2v) is 6.56. The van der Waals surface area contributed by atoms with Crippen molar-refractivity contribution in [2.75, 3.05) is 18.0 Å². The van der Waals surface area contributed by atoms with E-state index in [2.05, 4.69) is 9.97 Å². The van der Waals surface area contributed by atoms with Gasteiger partial charge in [0.15, 0.2) is 5.69 Å². The zero-order valence-corrected chi connectivity index (χ0v) is 14.2. The number of aromatic carboxylic acids is 1. The van der Waals surface area contributed by atoms with Crippen LogP contribution < -0.4 is 4.90 Å². The van der Waals surface area contributed by atoms with Gasteiger partial charge in [-0.3, -0.25) is 9.78 Å². The molecule has 1 aliphatic rings. The van der Waals surface area contributed by atoms with Gasteiger partial charge < -0.3 is 20.2 Å². The number of aliphatic hydroxyl groups is 1. The minimum Gasteiger partial charge on any atom is -0.481 e. The molecule has 142 valence electrons. The van der Waals surface area contributed by atoms with Gasteiger partial charge in [-0.1, -0.05) is 12.1 Å². The van der Waals surface area contributed by atoms with E-state index in [1.165, 1.54) is 30.5 Å². The van der Waals surface area contributed by atoms with Crippen LogP contribution in [0.1, 0.15) is 22.5 Å². The molecule has 0 radical (unpaired) electrons. The van der Waals surface area contributed by atoms with Crippen molar-refractivity contribution in [1.82, 2.24) is 9.97 Å². The second-order valence-electron chi connectivity index (χ2n) is 6.56. The van der Waals surface area contributed by atoms with E-state index in [0.717, 1.165) is 6.20 Å². The Hall–Kier alpha value is -3.07. The molecule has 1 aromatic carbocycles. The predicted octanol–water partition coefficient (Wildman–Crippen LogP) is 1.20. The molecule has 0 amide bonds. The van der Waals surface area contributed by atoms with Crippen molar-refractivity contribution in [2.24, 2.45) is 5.41 Å². The smallest absolute Gasteiger partial charge is 0.356 e. The quantitative estimate of drug-likeness (QED) is 0.712. The molecule has 1 aliphatic heterocycles. The van der Waals surface area contributed by atoms with Crippen molar-refractivity contribution in [3.8, 4) is 0 Å². The monoisotopic (exact) mass is 375 g/mol. The normalized spacial score (nSPS) is 22.4. The number of carboxylic acid groups (broad SMARTS) is 2. The van der Waals surface area contributed by atoms with Gasteiger partial charge >= 0.3 is 11.9 Å². The highest BCUT2D eigenvalue weighted by Gasteiger charge is 2.49. The summed E-state index contributed by atoms with van der Waals surface area (Å²) in [5.74, 6) is -2.63. The number of hydrogen-bond acceptors (Lipinski definition) is 6. The minimum absolute atomic E-state index is 0.00761. The Morgan fingerprint density at radius 2 is 1.93 bits per heavy atom. The van der Waals surface area contributed by atoms with Crippen molar-refractivity contribution in [2.45, 2.75) is 18.9 Å². The Morgan fingerprint density at radius 1 is 1.22 bits per heavy atom. The molecule has 1 fully saturated rings. The molecule has 8 nitrogen and oxygen atoms in total. The summed E-state index contributed by atoms with van der Waals surface area (Å²) in [6.45, 7) is 0.218. The summed E-state index contributed by atoms with van der Waals surface area (Å²) in [4.78, 5) is 32.7. The molecular formula is C18H18FN3O5. The third kappa shape index (κ3) is 3.72. The molecule has 0 unspecified atom stereocenters. The van der Waals surface area contributed by atoms with Gasteiger partial charge in [-0.25, -0.2) is 14.2 Å². The number of piperidine rings is 1. The van der Waals surface area contributed by atoms with Gasteiger partial charge in [-0.15, -0.1) is 0 Å². The summed E-state index contributed by atoms with van der Waals surface area (Å²) >= 11 is 0. The van der Waals surface area contributed by atoms with Crippen LogP contribution in [-0.4, -0.2) is 56.4 Å². The van der Waals surface area contributed by atoms with E-state index in [0.29, 0.717) is 12.1 Å². The lowest BCUT2D eigenvalue weighted by molar-refractivity contribution is -0.157. The van der Waals surface area contributed by atoms with Crippen molar-refractivity contribution >= 4 is 17.8 Å². The number of nitrogens with zero attached hydrogens (tertiary/aromatic N) is 3. The van der Waals surface area contributed by atoms with Crippen molar-refractivity contribution in [3.63, 3.8) is 0 Å². The molecule has 0 bridgehead atoms. The van der Waals surface area contributed by atoms with E-state index in [-0.39, 0.29) is 30.9 Å². The molecule has 2 heterocycles. The third-order valence-electron chi connectivity index (χ3n) is 4.81. The molecule has 27 heavy (non-hydrogen) atoms. The number of benzene rings is 1. The van der Waals surface area contributed by atoms with Crippen molar-refractivity contribution in [1.29, 1.82) is 0 Å². The molecule has 9 heteroatoms. The van der Waals surface area contributed by atoms with E-state index >= 15 is 0 Å². The molecule has 2 atom stereocenters. The standard InChI is InChI=1S/C18H18FN3O5/c19-12-3-1-11(2-4-12)7-18(17(26)27)10-22(6-5-14(18)23)15-9-20-8-13(21-15)16(24)25/h1-4,8-9,14,23H,5-7,10H2,(H,24,25)(H,26,27)/t14-,18+/m0/s1. The maximum absolute atomic E-state index is 13.1. The molecule has 1 aromatic heterocycles. The van der Waals surface area contributed by atoms with Crippen LogP contribution in [0.3, 0.4) is 0 Å². The van der Waals surface area contributed by atoms with E-state index in [1.807, 2.05) is 0 Å². The zero-order valence-electron chi connectivity index (χ0n) is 14.2. The third-order valence-corrected chi connectivity index (χ3v) is 4.81. The first-order valence-electron chi connectivity index (χ1n) is 8.28. The highest BCUT2D eigenvalue weighted by Crippen LogP contribution is 2.36. The average molecular weight is 375 g/mol. The largest absolute Gasteiger partial charge is 0.481 e. The summed E-state index contributed by atoms with van der Waals surface area (Å²) in [6.07, 6.45) is 1.49. The van der Waals surface area contributed by atoms with Gasteiger partial charge in [0.1, 0.15) is 17.1 Å². The number of carbonyl (C=O) groups is 2. The van der Waals surface area contributed by atoms with Gasteiger partial charge in [0.2, 0.25) is 0 Å². The maximum Gasteiger partial charge on any atom is 0.356 e. The van der Waals surface area contributed by atoms with E-state index in [4.69, 9.17) is 5.11 Å². The summed E-state index contributed by atoms with van der Waals surface area (Å²) < 4.78 is 13.1. The fourth-order valence-corrected chi connectivity index (χ4v) is 3.31. The van der Waals surface area contributed by atoms with Crippen LogP contribution in [-0.2, 0) is 11.2 Å². The molecule has 0 saturated carbocycles. The zero-order chi connectivity index (χ0) is 19.6. The number of aliphatic hydroxyl groups excluding tert-OH is 1. The Morgan fingerprint density at radius 3 is 2.56 bits per heavy atom. The first kappa shape index (κ1) is 18.7. The molecule has 0 aliphatic carbocycles. The number of halogens is 1. The number of aliphatic carboxylic acids is 1. The fourth-order valence-electron chi connectivity index (χ4n) is 3.31. The Kier molecular flexibility index (Phi) is 5.04. The molecule has 1 saturated heterocycles. The highest BCUT2D eigenvalue weighted by molar-refractivity contribution is 5.85. The lowest BCUT2D eigenvalue weighted by Crippen LogP contribution is -2.57. The minimum atomic E-state index is -1.54. The molecular weight excluding hydrogens is 357 g/mol. The lowest BCUT2D eigenvalue weighted by Gasteiger charge is -2.43. The van der Waals surface area contributed by atoms with Crippen LogP contribution in [0, 0.1) is 11.2 Å². The van der Waals surface area contributed by atoms with Crippen LogP contribution >= 0.6 is 0 Å². The summed E-state index contributed by atoms with van der Waals surface area (Å²) in [6, 6.07) is 5.44. The van der Waals surface area contributed by atoms with Gasteiger partial charge in [0.05, 0.1) is 18.5 Å². The Labute approximate surface area is 153 Å². The summed E-state index contributed by atoms with van der Waals surface area (Å²) in [7, 11) is 0. The predicted molar refractivity (Wildman–Crippen MR) is 92.0 cm³/mol. The van der Waals surface area contributed by atoms with Crippen molar-refractivity contribution in [3.05, 3.63) is 53.7 Å². The maximum atomic E-state index is 13.1. The van der Waals surface area contributed by atoms with Crippen molar-refractivity contribution < 1.29 is 29.3 Å².